The highest BCUT2D eigenvalue weighted by Gasteiger charge is 2.35. The van der Waals surface area contributed by atoms with Crippen molar-refractivity contribution in [2.45, 2.75) is 64.8 Å². The number of rotatable bonds is 6. The number of aliphatic carboxylic acids is 1. The van der Waals surface area contributed by atoms with E-state index in [-0.39, 0.29) is 11.4 Å². The molecule has 1 atom stereocenters. The van der Waals surface area contributed by atoms with E-state index in [9.17, 15) is 14.7 Å². The van der Waals surface area contributed by atoms with Crippen LogP contribution in [0.4, 0.5) is 4.79 Å². The van der Waals surface area contributed by atoms with Gasteiger partial charge in [-0.15, -0.1) is 0 Å². The second-order valence-electron chi connectivity index (χ2n) is 6.21. The summed E-state index contributed by atoms with van der Waals surface area (Å²) in [6.07, 6.45) is 5.80. The van der Waals surface area contributed by atoms with Crippen LogP contribution in [0.3, 0.4) is 0 Å². The average Bonchev–Trinajstić information content (AvgIpc) is 2.74. The number of carbonyl (C=O) groups is 2. The van der Waals surface area contributed by atoms with Gasteiger partial charge in [0.05, 0.1) is 0 Å². The molecule has 1 unspecified atom stereocenters. The zero-order valence-corrected chi connectivity index (χ0v) is 12.2. The van der Waals surface area contributed by atoms with E-state index >= 15 is 0 Å². The van der Waals surface area contributed by atoms with Crippen LogP contribution >= 0.6 is 0 Å². The summed E-state index contributed by atoms with van der Waals surface area (Å²) in [5.74, 6) is -0.989. The van der Waals surface area contributed by atoms with E-state index in [1.165, 1.54) is 12.8 Å². The average molecular weight is 270 g/mol. The van der Waals surface area contributed by atoms with Gasteiger partial charge in [0.25, 0.3) is 0 Å². The molecular weight excluding hydrogens is 244 g/mol. The summed E-state index contributed by atoms with van der Waals surface area (Å²) in [7, 11) is 0. The van der Waals surface area contributed by atoms with Gasteiger partial charge in [0.1, 0.15) is 5.54 Å². The molecule has 0 aliphatic heterocycles. The number of urea groups is 1. The lowest BCUT2D eigenvalue weighted by Gasteiger charge is -2.28. The molecule has 1 saturated carbocycles. The summed E-state index contributed by atoms with van der Waals surface area (Å²) >= 11 is 0. The Hall–Kier alpha value is -1.26. The molecule has 1 aliphatic carbocycles. The van der Waals surface area contributed by atoms with Crippen molar-refractivity contribution in [1.29, 1.82) is 0 Å². The predicted molar refractivity (Wildman–Crippen MR) is 74.1 cm³/mol. The first-order chi connectivity index (χ1) is 8.81. The number of carboxylic acids is 1. The zero-order chi connectivity index (χ0) is 14.5. The molecular formula is C14H26N2O3. The molecule has 5 heteroatoms. The Balaban J connectivity index is 2.47. The van der Waals surface area contributed by atoms with E-state index in [1.54, 1.807) is 6.92 Å². The summed E-state index contributed by atoms with van der Waals surface area (Å²) in [5, 5.41) is 14.6. The number of hydrogen-bond donors (Lipinski definition) is 3. The highest BCUT2D eigenvalue weighted by Crippen LogP contribution is 2.36. The molecule has 5 nitrogen and oxygen atoms in total. The summed E-state index contributed by atoms with van der Waals surface area (Å²) in [6, 6.07) is -0.383. The fraction of sp³-hybridized carbons (Fsp3) is 0.857. The predicted octanol–water partition coefficient (Wildman–Crippen LogP) is 2.51. The molecule has 0 aromatic rings. The van der Waals surface area contributed by atoms with Crippen LogP contribution in [-0.4, -0.2) is 29.2 Å². The summed E-state index contributed by atoms with van der Waals surface area (Å²) in [5.41, 5.74) is -1.02. The Labute approximate surface area is 115 Å². The molecule has 1 fully saturated rings. The fourth-order valence-corrected chi connectivity index (χ4v) is 2.72. The molecule has 0 saturated heterocycles. The number of hydrogen-bond acceptors (Lipinski definition) is 2. The molecule has 19 heavy (non-hydrogen) atoms. The largest absolute Gasteiger partial charge is 0.480 e. The van der Waals surface area contributed by atoms with Gasteiger partial charge in [0.2, 0.25) is 0 Å². The van der Waals surface area contributed by atoms with Gasteiger partial charge in [-0.25, -0.2) is 9.59 Å². The SMILES string of the molecule is CCCC(C)(NC(=O)NCC1(C)CCCC1)C(=O)O. The van der Waals surface area contributed by atoms with Crippen molar-refractivity contribution >= 4 is 12.0 Å². The van der Waals surface area contributed by atoms with Gasteiger partial charge in [-0.1, -0.05) is 33.1 Å². The van der Waals surface area contributed by atoms with Crippen LogP contribution in [0, 0.1) is 5.41 Å². The number of carbonyl (C=O) groups excluding carboxylic acids is 1. The molecule has 3 N–H and O–H groups in total. The molecule has 0 aromatic heterocycles. The van der Waals surface area contributed by atoms with Gasteiger partial charge in [-0.2, -0.15) is 0 Å². The molecule has 1 rings (SSSR count). The second kappa shape index (κ2) is 6.26. The maximum Gasteiger partial charge on any atom is 0.329 e. The van der Waals surface area contributed by atoms with E-state index < -0.39 is 11.5 Å². The smallest absolute Gasteiger partial charge is 0.329 e. The highest BCUT2D eigenvalue weighted by atomic mass is 16.4. The van der Waals surface area contributed by atoms with Crippen LogP contribution < -0.4 is 10.6 Å². The van der Waals surface area contributed by atoms with Crippen molar-refractivity contribution in [2.75, 3.05) is 6.54 Å². The van der Waals surface area contributed by atoms with Crippen molar-refractivity contribution in [1.82, 2.24) is 10.6 Å². The molecule has 1 aliphatic rings. The standard InChI is InChI=1S/C14H26N2O3/c1-4-7-14(3,11(17)18)16-12(19)15-10-13(2)8-5-6-9-13/h4-10H2,1-3H3,(H,17,18)(H2,15,16,19). The van der Waals surface area contributed by atoms with Gasteiger partial charge in [0.15, 0.2) is 0 Å². The lowest BCUT2D eigenvalue weighted by Crippen LogP contribution is -2.56. The second-order valence-corrected chi connectivity index (χ2v) is 6.21. The van der Waals surface area contributed by atoms with Crippen LogP contribution in [0.15, 0.2) is 0 Å². The minimum absolute atomic E-state index is 0.168. The minimum atomic E-state index is -1.19. The summed E-state index contributed by atoms with van der Waals surface area (Å²) in [4.78, 5) is 23.1. The van der Waals surface area contributed by atoms with Crippen molar-refractivity contribution < 1.29 is 14.7 Å². The molecule has 0 heterocycles. The first-order valence-electron chi connectivity index (χ1n) is 7.11. The quantitative estimate of drug-likeness (QED) is 0.694. The van der Waals surface area contributed by atoms with Gasteiger partial charge in [-0.3, -0.25) is 0 Å². The van der Waals surface area contributed by atoms with Crippen LogP contribution in [0.1, 0.15) is 59.3 Å². The van der Waals surface area contributed by atoms with Gasteiger partial charge >= 0.3 is 12.0 Å². The monoisotopic (exact) mass is 270 g/mol. The van der Waals surface area contributed by atoms with Crippen LogP contribution in [-0.2, 0) is 4.79 Å². The highest BCUT2D eigenvalue weighted by molar-refractivity contribution is 5.85. The van der Waals surface area contributed by atoms with E-state index in [2.05, 4.69) is 17.6 Å². The number of carboxylic acid groups (broad SMARTS) is 1. The van der Waals surface area contributed by atoms with E-state index in [0.717, 1.165) is 12.8 Å². The normalized spacial score (nSPS) is 20.6. The minimum Gasteiger partial charge on any atom is -0.480 e. The third kappa shape index (κ3) is 4.40. The summed E-state index contributed by atoms with van der Waals surface area (Å²) < 4.78 is 0. The molecule has 0 aromatic carbocycles. The third-order valence-electron chi connectivity index (χ3n) is 4.10. The Bertz CT molecular complexity index is 338. The first kappa shape index (κ1) is 15.8. The molecule has 2 amide bonds. The Morgan fingerprint density at radius 3 is 2.37 bits per heavy atom. The van der Waals surface area contributed by atoms with Crippen molar-refractivity contribution in [2.24, 2.45) is 5.41 Å². The first-order valence-corrected chi connectivity index (χ1v) is 7.11. The van der Waals surface area contributed by atoms with Crippen molar-refractivity contribution in [3.8, 4) is 0 Å². The lowest BCUT2D eigenvalue weighted by molar-refractivity contribution is -0.144. The molecule has 0 spiro atoms. The topological polar surface area (TPSA) is 78.4 Å². The van der Waals surface area contributed by atoms with Crippen LogP contribution in [0.5, 0.6) is 0 Å². The third-order valence-corrected chi connectivity index (χ3v) is 4.10. The van der Waals surface area contributed by atoms with E-state index in [1.807, 2.05) is 6.92 Å². The van der Waals surface area contributed by atoms with Crippen LogP contribution in [0.2, 0.25) is 0 Å². The maximum absolute atomic E-state index is 11.9. The Morgan fingerprint density at radius 1 is 1.32 bits per heavy atom. The Morgan fingerprint density at radius 2 is 1.89 bits per heavy atom. The van der Waals surface area contributed by atoms with Gasteiger partial charge in [-0.05, 0) is 31.6 Å². The van der Waals surface area contributed by atoms with Crippen LogP contribution in [0.25, 0.3) is 0 Å². The summed E-state index contributed by atoms with van der Waals surface area (Å²) in [6.45, 7) is 6.24. The van der Waals surface area contributed by atoms with Gasteiger partial charge < -0.3 is 15.7 Å². The molecule has 0 radical (unpaired) electrons. The fourth-order valence-electron chi connectivity index (χ4n) is 2.72. The van der Waals surface area contributed by atoms with Crippen molar-refractivity contribution in [3.63, 3.8) is 0 Å². The number of nitrogens with one attached hydrogen (secondary N) is 2. The maximum atomic E-state index is 11.9. The zero-order valence-electron chi connectivity index (χ0n) is 12.2. The molecule has 0 bridgehead atoms. The Kier molecular flexibility index (Phi) is 5.20. The number of amides is 2. The van der Waals surface area contributed by atoms with Crippen molar-refractivity contribution in [3.05, 3.63) is 0 Å². The lowest BCUT2D eigenvalue weighted by atomic mass is 9.89. The van der Waals surface area contributed by atoms with E-state index in [4.69, 9.17) is 0 Å². The van der Waals surface area contributed by atoms with E-state index in [0.29, 0.717) is 19.4 Å². The van der Waals surface area contributed by atoms with Gasteiger partial charge in [0, 0.05) is 6.54 Å². The molecule has 110 valence electrons.